The number of halogens is 1. The highest BCUT2D eigenvalue weighted by atomic mass is 35.5. The number of nitrogens with one attached hydrogen (secondary N) is 2. The monoisotopic (exact) mass is 341 g/mol. The number of benzene rings is 1. The van der Waals surface area contributed by atoms with Gasteiger partial charge in [-0.2, -0.15) is 0 Å². The van der Waals surface area contributed by atoms with Gasteiger partial charge in [0.15, 0.2) is 0 Å². The van der Waals surface area contributed by atoms with Gasteiger partial charge in [-0.3, -0.25) is 9.59 Å². The molecule has 4 N–H and O–H groups in total. The third-order valence-electron chi connectivity index (χ3n) is 4.18. The van der Waals surface area contributed by atoms with E-state index >= 15 is 0 Å². The van der Waals surface area contributed by atoms with E-state index in [4.69, 9.17) is 5.73 Å². The smallest absolute Gasteiger partial charge is 0.234 e. The van der Waals surface area contributed by atoms with E-state index in [1.165, 1.54) is 11.8 Å². The Bertz CT molecular complexity index is 582. The van der Waals surface area contributed by atoms with Crippen LogP contribution in [0.4, 0.5) is 11.4 Å². The summed E-state index contributed by atoms with van der Waals surface area (Å²) in [5, 5.41) is 5.79. The summed E-state index contributed by atoms with van der Waals surface area (Å²) in [5.74, 6) is 0.777. The Hall–Kier alpha value is -1.24. The van der Waals surface area contributed by atoms with Crippen LogP contribution in [0.15, 0.2) is 23.1 Å². The van der Waals surface area contributed by atoms with Gasteiger partial charge in [0, 0.05) is 16.5 Å². The third-order valence-corrected chi connectivity index (χ3v) is 5.25. The normalized spacial score (nSPS) is 23.2. The Labute approximate surface area is 140 Å². The van der Waals surface area contributed by atoms with Crippen molar-refractivity contribution in [3.63, 3.8) is 0 Å². The Morgan fingerprint density at radius 2 is 2.23 bits per heavy atom. The molecule has 1 heterocycles. The molecule has 0 aromatic heterocycles. The summed E-state index contributed by atoms with van der Waals surface area (Å²) in [4.78, 5) is 24.8. The highest BCUT2D eigenvalue weighted by molar-refractivity contribution is 8.00. The minimum absolute atomic E-state index is 0. The zero-order valence-corrected chi connectivity index (χ0v) is 13.8. The van der Waals surface area contributed by atoms with E-state index in [2.05, 4.69) is 10.6 Å². The van der Waals surface area contributed by atoms with E-state index in [-0.39, 0.29) is 36.1 Å². The molecule has 0 radical (unpaired) electrons. The van der Waals surface area contributed by atoms with Gasteiger partial charge >= 0.3 is 0 Å². The number of carbonyl (C=O) groups is 2. The van der Waals surface area contributed by atoms with E-state index in [1.807, 2.05) is 18.2 Å². The molecule has 2 amide bonds. The van der Waals surface area contributed by atoms with Gasteiger partial charge in [-0.15, -0.1) is 24.2 Å². The van der Waals surface area contributed by atoms with Crippen LogP contribution < -0.4 is 16.4 Å². The van der Waals surface area contributed by atoms with Gasteiger partial charge in [-0.25, -0.2) is 0 Å². The number of rotatable bonds is 3. The summed E-state index contributed by atoms with van der Waals surface area (Å²) in [6.45, 7) is 0.564. The van der Waals surface area contributed by atoms with Crippen molar-refractivity contribution in [2.45, 2.75) is 24.2 Å². The summed E-state index contributed by atoms with van der Waals surface area (Å²) in [6.07, 6.45) is 3.01. The first-order valence-electron chi connectivity index (χ1n) is 7.25. The van der Waals surface area contributed by atoms with E-state index in [0.29, 0.717) is 12.3 Å². The van der Waals surface area contributed by atoms with Crippen LogP contribution in [0.5, 0.6) is 0 Å². The second kappa shape index (κ2) is 7.35. The van der Waals surface area contributed by atoms with Gasteiger partial charge < -0.3 is 16.4 Å². The van der Waals surface area contributed by atoms with Crippen LogP contribution in [0.3, 0.4) is 0 Å². The molecule has 1 aliphatic heterocycles. The summed E-state index contributed by atoms with van der Waals surface area (Å²) in [6, 6.07) is 5.64. The molecule has 0 spiro atoms. The fraction of sp³-hybridized carbons (Fsp3) is 0.467. The number of fused-ring (bicyclic) bond motifs is 1. The first kappa shape index (κ1) is 17.1. The highest BCUT2D eigenvalue weighted by Crippen LogP contribution is 2.35. The number of carbonyl (C=O) groups excluding carboxylic acids is 2. The number of thioether (sulfide) groups is 1. The standard InChI is InChI=1S/C15H19N3O2S.ClH/c16-7-9-2-1-3-11(9)15(20)17-10-4-5-13-12(6-10)18-14(19)8-21-13;/h4-6,9,11H,1-3,7-8,16H2,(H,17,20)(H,18,19);1H/t9-,11-;/m1./s1. The van der Waals surface area contributed by atoms with Crippen LogP contribution in [0, 0.1) is 11.8 Å². The molecule has 1 saturated carbocycles. The average molecular weight is 342 g/mol. The van der Waals surface area contributed by atoms with Gasteiger partial charge in [0.05, 0.1) is 11.4 Å². The predicted molar refractivity (Wildman–Crippen MR) is 91.6 cm³/mol. The molecule has 120 valence electrons. The lowest BCUT2D eigenvalue weighted by Crippen LogP contribution is -2.29. The largest absolute Gasteiger partial charge is 0.330 e. The van der Waals surface area contributed by atoms with Crippen LogP contribution in [0.1, 0.15) is 19.3 Å². The second-order valence-corrected chi connectivity index (χ2v) is 6.59. The van der Waals surface area contributed by atoms with Crippen molar-refractivity contribution in [1.82, 2.24) is 0 Å². The van der Waals surface area contributed by atoms with Gasteiger partial charge in [-0.05, 0) is 43.5 Å². The predicted octanol–water partition coefficient (Wildman–Crippen LogP) is 2.47. The molecular weight excluding hydrogens is 322 g/mol. The lowest BCUT2D eigenvalue weighted by atomic mass is 9.95. The molecule has 0 saturated heterocycles. The van der Waals surface area contributed by atoms with E-state index < -0.39 is 0 Å². The Morgan fingerprint density at radius 1 is 1.41 bits per heavy atom. The molecule has 3 rings (SSSR count). The van der Waals surface area contributed by atoms with E-state index in [0.717, 1.165) is 35.5 Å². The molecule has 2 aliphatic rings. The van der Waals surface area contributed by atoms with Crippen molar-refractivity contribution in [2.24, 2.45) is 17.6 Å². The Kier molecular flexibility index (Phi) is 5.72. The molecule has 2 atom stereocenters. The summed E-state index contributed by atoms with van der Waals surface area (Å²) in [7, 11) is 0. The van der Waals surface area contributed by atoms with Gasteiger partial charge in [-0.1, -0.05) is 6.42 Å². The number of amides is 2. The quantitative estimate of drug-likeness (QED) is 0.788. The molecule has 1 aromatic carbocycles. The first-order valence-corrected chi connectivity index (χ1v) is 8.23. The second-order valence-electron chi connectivity index (χ2n) is 5.57. The minimum Gasteiger partial charge on any atom is -0.330 e. The molecule has 0 bridgehead atoms. The number of anilines is 2. The molecule has 5 nitrogen and oxygen atoms in total. The van der Waals surface area contributed by atoms with Crippen LogP contribution in [0.25, 0.3) is 0 Å². The number of hydrogen-bond donors (Lipinski definition) is 3. The van der Waals surface area contributed by atoms with Gasteiger partial charge in [0.1, 0.15) is 0 Å². The van der Waals surface area contributed by atoms with Crippen molar-refractivity contribution in [3.8, 4) is 0 Å². The summed E-state index contributed by atoms with van der Waals surface area (Å²) < 4.78 is 0. The fourth-order valence-electron chi connectivity index (χ4n) is 3.06. The molecule has 0 unspecified atom stereocenters. The average Bonchev–Trinajstić information content (AvgIpc) is 2.95. The van der Waals surface area contributed by atoms with E-state index in [9.17, 15) is 9.59 Å². The summed E-state index contributed by atoms with van der Waals surface area (Å²) >= 11 is 1.51. The molecule has 1 aromatic rings. The molecule has 7 heteroatoms. The summed E-state index contributed by atoms with van der Waals surface area (Å²) in [5.41, 5.74) is 7.23. The van der Waals surface area contributed by atoms with Crippen molar-refractivity contribution in [3.05, 3.63) is 18.2 Å². The third kappa shape index (κ3) is 3.56. The maximum atomic E-state index is 12.4. The fourth-order valence-corrected chi connectivity index (χ4v) is 3.85. The lowest BCUT2D eigenvalue weighted by Gasteiger charge is -2.20. The molecule has 1 aliphatic carbocycles. The zero-order chi connectivity index (χ0) is 14.8. The first-order chi connectivity index (χ1) is 10.2. The van der Waals surface area contributed by atoms with Gasteiger partial charge in [0.2, 0.25) is 11.8 Å². The lowest BCUT2D eigenvalue weighted by molar-refractivity contribution is -0.120. The topological polar surface area (TPSA) is 84.2 Å². The van der Waals surface area contributed by atoms with E-state index in [1.54, 1.807) is 0 Å². The van der Waals surface area contributed by atoms with Crippen LogP contribution in [0.2, 0.25) is 0 Å². The van der Waals surface area contributed by atoms with Crippen molar-refractivity contribution in [2.75, 3.05) is 22.9 Å². The van der Waals surface area contributed by atoms with Crippen molar-refractivity contribution in [1.29, 1.82) is 0 Å². The van der Waals surface area contributed by atoms with Crippen molar-refractivity contribution >= 4 is 47.4 Å². The molecular formula is C15H20ClN3O2S. The maximum Gasteiger partial charge on any atom is 0.234 e. The van der Waals surface area contributed by atoms with Crippen LogP contribution in [-0.4, -0.2) is 24.1 Å². The molecule has 1 fully saturated rings. The van der Waals surface area contributed by atoms with Crippen LogP contribution in [-0.2, 0) is 9.59 Å². The maximum absolute atomic E-state index is 12.4. The van der Waals surface area contributed by atoms with Gasteiger partial charge in [0.25, 0.3) is 0 Å². The number of nitrogens with two attached hydrogens (primary N) is 1. The minimum atomic E-state index is -0.00466. The van der Waals surface area contributed by atoms with Crippen molar-refractivity contribution < 1.29 is 9.59 Å². The zero-order valence-electron chi connectivity index (χ0n) is 12.1. The Balaban J connectivity index is 0.00000176. The highest BCUT2D eigenvalue weighted by Gasteiger charge is 2.32. The SMILES string of the molecule is Cl.NC[C@H]1CCC[C@H]1C(=O)Nc1ccc2c(c1)NC(=O)CS2. The Morgan fingerprint density at radius 3 is 3.00 bits per heavy atom. The molecule has 22 heavy (non-hydrogen) atoms. The number of hydrogen-bond acceptors (Lipinski definition) is 4. The van der Waals surface area contributed by atoms with Crippen LogP contribution >= 0.6 is 24.2 Å².